The van der Waals surface area contributed by atoms with Crippen LogP contribution in [0.3, 0.4) is 0 Å². The third-order valence-electron chi connectivity index (χ3n) is 5.18. The fraction of sp³-hybridized carbons (Fsp3) is 0.182. The molecule has 3 heterocycles. The van der Waals surface area contributed by atoms with Crippen LogP contribution in [-0.4, -0.2) is 25.4 Å². The molecule has 0 spiro atoms. The zero-order valence-corrected chi connectivity index (χ0v) is 18.8. The number of anilines is 1. The van der Waals surface area contributed by atoms with Crippen LogP contribution in [0.1, 0.15) is 32.2 Å². The van der Waals surface area contributed by atoms with Crippen molar-refractivity contribution in [2.24, 2.45) is 0 Å². The van der Waals surface area contributed by atoms with E-state index in [1.165, 1.54) is 0 Å². The molecule has 33 heavy (non-hydrogen) atoms. The van der Waals surface area contributed by atoms with Gasteiger partial charge in [-0.1, -0.05) is 17.7 Å². The molecular weight excluding hydrogens is 446 g/mol. The topological polar surface area (TPSA) is 140 Å². The van der Waals surface area contributed by atoms with Crippen LogP contribution in [0.5, 0.6) is 0 Å². The maximum atomic E-state index is 12.9. The van der Waals surface area contributed by atoms with Crippen molar-refractivity contribution in [1.82, 2.24) is 14.5 Å². The molecule has 0 aliphatic rings. The van der Waals surface area contributed by atoms with Gasteiger partial charge in [0.25, 0.3) is 22.7 Å². The minimum atomic E-state index is -0.613. The molecule has 4 rings (SSSR count). The van der Waals surface area contributed by atoms with E-state index in [0.717, 1.165) is 45.4 Å². The molecule has 4 aromatic rings. The van der Waals surface area contributed by atoms with E-state index < -0.39 is 16.0 Å². The first-order chi connectivity index (χ1) is 15.6. The maximum Gasteiger partial charge on any atom is 0.285 e. The minimum Gasteiger partial charge on any atom is -0.321 e. The number of H-pyrrole nitrogens is 1. The number of rotatable bonds is 5. The van der Waals surface area contributed by atoms with Crippen LogP contribution in [-0.2, 0) is 6.54 Å². The number of aromatic amines is 1. The lowest BCUT2D eigenvalue weighted by atomic mass is 10.1. The Hall–Kier alpha value is -4.12. The molecule has 0 aliphatic heterocycles. The second-order valence-corrected chi connectivity index (χ2v) is 8.63. The molecule has 1 aromatic carbocycles. The first-order valence-electron chi connectivity index (χ1n) is 9.90. The molecule has 11 heteroatoms. The average molecular weight is 465 g/mol. The van der Waals surface area contributed by atoms with Gasteiger partial charge in [-0.15, -0.1) is 11.3 Å². The average Bonchev–Trinajstić information content (AvgIpc) is 3.08. The largest absolute Gasteiger partial charge is 0.321 e. The summed E-state index contributed by atoms with van der Waals surface area (Å²) in [5.41, 5.74) is 2.00. The summed E-state index contributed by atoms with van der Waals surface area (Å²) < 4.78 is 1.09. The van der Waals surface area contributed by atoms with E-state index in [2.05, 4.69) is 15.3 Å². The van der Waals surface area contributed by atoms with Crippen LogP contribution in [0.2, 0.25) is 0 Å². The number of nitrogens with one attached hydrogen (secondary N) is 2. The number of hydrogen-bond acceptors (Lipinski definition) is 7. The molecule has 0 atom stereocenters. The minimum absolute atomic E-state index is 0.151. The first-order valence-corrected chi connectivity index (χ1v) is 10.7. The van der Waals surface area contributed by atoms with Crippen LogP contribution in [0.15, 0.2) is 46.1 Å². The number of fused-ring (bicyclic) bond motifs is 1. The number of carbonyl (C=O) groups excluding carboxylic acids is 1. The first kappa shape index (κ1) is 22.1. The van der Waals surface area contributed by atoms with Gasteiger partial charge in [-0.05, 0) is 38.0 Å². The molecule has 0 saturated carbocycles. The molecule has 2 N–H and O–H groups in total. The Morgan fingerprint density at radius 2 is 1.97 bits per heavy atom. The number of aromatic nitrogens is 3. The summed E-state index contributed by atoms with van der Waals surface area (Å²) in [6.07, 6.45) is 1.09. The Kier molecular flexibility index (Phi) is 5.64. The highest BCUT2D eigenvalue weighted by Gasteiger charge is 2.20. The maximum absolute atomic E-state index is 12.9. The van der Waals surface area contributed by atoms with Crippen molar-refractivity contribution < 1.29 is 9.72 Å². The van der Waals surface area contributed by atoms with Crippen LogP contribution in [0.4, 0.5) is 11.4 Å². The smallest absolute Gasteiger partial charge is 0.285 e. The Labute approximate surface area is 190 Å². The van der Waals surface area contributed by atoms with Gasteiger partial charge in [0.1, 0.15) is 10.7 Å². The number of aryl methyl sites for hydroxylation is 3. The molecule has 10 nitrogen and oxygen atoms in total. The van der Waals surface area contributed by atoms with Gasteiger partial charge in [0.05, 0.1) is 27.9 Å². The molecule has 168 valence electrons. The Bertz CT molecular complexity index is 1550. The second kappa shape index (κ2) is 8.43. The summed E-state index contributed by atoms with van der Waals surface area (Å²) in [6, 6.07) is 7.88. The van der Waals surface area contributed by atoms with Crippen molar-refractivity contribution in [3.05, 3.63) is 94.7 Å². The number of nitrogens with zero attached hydrogens (tertiary/aromatic N) is 3. The standard InChI is InChI=1S/C22H19N5O5S/c1-11-4-6-15(12(2)8-11)23-21(30)19-13(3)18-20(29)24-16(25-22(18)33-19)10-26-9-14(27(31)32)5-7-17(26)28/h4-9H,10H2,1-3H3,(H,23,30)(H,24,25,29). The fourth-order valence-corrected chi connectivity index (χ4v) is 4.62. The van der Waals surface area contributed by atoms with E-state index in [4.69, 9.17) is 0 Å². The molecule has 3 aromatic heterocycles. The molecule has 0 bridgehead atoms. The summed E-state index contributed by atoms with van der Waals surface area (Å²) in [4.78, 5) is 55.8. The van der Waals surface area contributed by atoms with Crippen LogP contribution < -0.4 is 16.4 Å². The van der Waals surface area contributed by atoms with E-state index in [-0.39, 0.29) is 24.0 Å². The Morgan fingerprint density at radius 1 is 1.21 bits per heavy atom. The van der Waals surface area contributed by atoms with E-state index in [1.807, 2.05) is 32.0 Å². The molecule has 0 aliphatic carbocycles. The molecule has 0 fully saturated rings. The third-order valence-corrected chi connectivity index (χ3v) is 6.37. The summed E-state index contributed by atoms with van der Waals surface area (Å²) in [7, 11) is 0. The monoisotopic (exact) mass is 465 g/mol. The predicted molar refractivity (Wildman–Crippen MR) is 125 cm³/mol. The van der Waals surface area contributed by atoms with E-state index >= 15 is 0 Å². The number of nitro groups is 1. The van der Waals surface area contributed by atoms with Crippen LogP contribution >= 0.6 is 11.3 Å². The number of hydrogen-bond donors (Lipinski definition) is 2. The van der Waals surface area contributed by atoms with E-state index in [1.54, 1.807) is 6.92 Å². The van der Waals surface area contributed by atoms with Gasteiger partial charge in [-0.25, -0.2) is 4.98 Å². The zero-order valence-electron chi connectivity index (χ0n) is 18.0. The van der Waals surface area contributed by atoms with Crippen LogP contribution in [0.25, 0.3) is 10.2 Å². The number of carbonyl (C=O) groups is 1. The van der Waals surface area contributed by atoms with Gasteiger partial charge in [-0.3, -0.25) is 24.5 Å². The Balaban J connectivity index is 1.70. The van der Waals surface area contributed by atoms with Crippen molar-refractivity contribution >= 4 is 38.8 Å². The number of benzene rings is 1. The number of thiophene rings is 1. The normalized spacial score (nSPS) is 11.0. The summed E-state index contributed by atoms with van der Waals surface area (Å²) in [5.74, 6) is -0.198. The van der Waals surface area contributed by atoms with E-state index in [9.17, 15) is 24.5 Å². The van der Waals surface area contributed by atoms with Crippen molar-refractivity contribution in [2.75, 3.05) is 5.32 Å². The van der Waals surface area contributed by atoms with Gasteiger partial charge >= 0.3 is 0 Å². The summed E-state index contributed by atoms with van der Waals surface area (Å²) in [6.45, 7) is 5.38. The lowest BCUT2D eigenvalue weighted by Crippen LogP contribution is -2.22. The second-order valence-electron chi connectivity index (χ2n) is 7.63. The number of amides is 1. The fourth-order valence-electron chi connectivity index (χ4n) is 3.52. The number of pyridine rings is 1. The lowest BCUT2D eigenvalue weighted by molar-refractivity contribution is -0.385. The van der Waals surface area contributed by atoms with Crippen molar-refractivity contribution in [3.63, 3.8) is 0 Å². The molecule has 0 radical (unpaired) electrons. The predicted octanol–water partition coefficient (Wildman–Crippen LogP) is 3.28. The lowest BCUT2D eigenvalue weighted by Gasteiger charge is -2.08. The summed E-state index contributed by atoms with van der Waals surface area (Å²) >= 11 is 1.07. The zero-order chi connectivity index (χ0) is 23.9. The highest BCUT2D eigenvalue weighted by atomic mass is 32.1. The molecular formula is C22H19N5O5S. The van der Waals surface area contributed by atoms with Gasteiger partial charge in [0.15, 0.2) is 0 Å². The molecule has 1 amide bonds. The van der Waals surface area contributed by atoms with Crippen molar-refractivity contribution in [2.45, 2.75) is 27.3 Å². The third kappa shape index (κ3) is 4.30. The van der Waals surface area contributed by atoms with Crippen molar-refractivity contribution in [1.29, 1.82) is 0 Å². The van der Waals surface area contributed by atoms with Gasteiger partial charge in [0.2, 0.25) is 0 Å². The molecule has 0 unspecified atom stereocenters. The highest BCUT2D eigenvalue weighted by Crippen LogP contribution is 2.28. The SMILES string of the molecule is Cc1ccc(NC(=O)c2sc3nc(Cn4cc([N+](=O)[O-])ccc4=O)[nH]c(=O)c3c2C)c(C)c1. The van der Waals surface area contributed by atoms with Gasteiger partial charge in [-0.2, -0.15) is 0 Å². The molecule has 0 saturated heterocycles. The summed E-state index contributed by atoms with van der Waals surface area (Å²) in [5, 5.41) is 14.2. The highest BCUT2D eigenvalue weighted by molar-refractivity contribution is 7.20. The Morgan fingerprint density at radius 3 is 2.67 bits per heavy atom. The van der Waals surface area contributed by atoms with E-state index in [0.29, 0.717) is 26.3 Å². The van der Waals surface area contributed by atoms with Crippen LogP contribution in [0, 0.1) is 30.9 Å². The van der Waals surface area contributed by atoms with Gasteiger partial charge < -0.3 is 14.9 Å². The quantitative estimate of drug-likeness (QED) is 0.342. The van der Waals surface area contributed by atoms with Gasteiger partial charge in [0, 0.05) is 17.8 Å². The van der Waals surface area contributed by atoms with Crippen molar-refractivity contribution in [3.8, 4) is 0 Å².